The van der Waals surface area contributed by atoms with Crippen LogP contribution < -0.4 is 19.5 Å². The van der Waals surface area contributed by atoms with Crippen molar-refractivity contribution in [3.63, 3.8) is 0 Å². The molecule has 4 rings (SSSR count). The zero-order valence-electron chi connectivity index (χ0n) is 16.9. The first-order chi connectivity index (χ1) is 15.0. The molecule has 2 heterocycles. The SMILES string of the molecule is CCc1c(C(=O)NCC(O)COc2ccc3c(c2)OCO3)cnn1-c1ccc(F)cc1. The van der Waals surface area contributed by atoms with E-state index in [2.05, 4.69) is 10.4 Å². The van der Waals surface area contributed by atoms with Gasteiger partial charge in [-0.05, 0) is 42.8 Å². The van der Waals surface area contributed by atoms with Crippen LogP contribution in [0.25, 0.3) is 5.69 Å². The fraction of sp³-hybridized carbons (Fsp3) is 0.273. The number of ether oxygens (including phenoxy) is 3. The van der Waals surface area contributed by atoms with E-state index in [1.165, 1.54) is 18.3 Å². The summed E-state index contributed by atoms with van der Waals surface area (Å²) in [7, 11) is 0. The number of fused-ring (bicyclic) bond motifs is 1. The van der Waals surface area contributed by atoms with Crippen LogP contribution in [0.3, 0.4) is 0 Å². The number of aliphatic hydroxyl groups excluding tert-OH is 1. The van der Waals surface area contributed by atoms with Crippen molar-refractivity contribution >= 4 is 5.91 Å². The monoisotopic (exact) mass is 427 g/mol. The van der Waals surface area contributed by atoms with Crippen LogP contribution >= 0.6 is 0 Å². The Bertz CT molecular complexity index is 1070. The number of halogens is 1. The Kier molecular flexibility index (Phi) is 6.03. The summed E-state index contributed by atoms with van der Waals surface area (Å²) in [5.41, 5.74) is 1.75. The van der Waals surface area contributed by atoms with Gasteiger partial charge in [0.15, 0.2) is 11.5 Å². The van der Waals surface area contributed by atoms with Gasteiger partial charge >= 0.3 is 0 Å². The lowest BCUT2D eigenvalue weighted by molar-refractivity contribution is 0.0842. The summed E-state index contributed by atoms with van der Waals surface area (Å²) >= 11 is 0. The van der Waals surface area contributed by atoms with Crippen LogP contribution in [0.15, 0.2) is 48.7 Å². The van der Waals surface area contributed by atoms with Gasteiger partial charge in [-0.3, -0.25) is 4.79 Å². The highest BCUT2D eigenvalue weighted by Gasteiger charge is 2.19. The van der Waals surface area contributed by atoms with Crippen molar-refractivity contribution in [3.8, 4) is 22.9 Å². The Morgan fingerprint density at radius 1 is 1.26 bits per heavy atom. The maximum Gasteiger partial charge on any atom is 0.254 e. The lowest BCUT2D eigenvalue weighted by atomic mass is 10.2. The summed E-state index contributed by atoms with van der Waals surface area (Å²) < 4.78 is 30.9. The minimum Gasteiger partial charge on any atom is -0.491 e. The molecule has 1 unspecified atom stereocenters. The summed E-state index contributed by atoms with van der Waals surface area (Å²) in [6, 6.07) is 11.0. The minimum atomic E-state index is -0.911. The first kappa shape index (κ1) is 20.7. The van der Waals surface area contributed by atoms with Gasteiger partial charge in [0.1, 0.15) is 24.3 Å². The molecule has 0 saturated heterocycles. The molecule has 0 fully saturated rings. The van der Waals surface area contributed by atoms with E-state index >= 15 is 0 Å². The molecule has 1 aromatic heterocycles. The molecule has 2 N–H and O–H groups in total. The molecule has 0 spiro atoms. The zero-order chi connectivity index (χ0) is 21.8. The molecule has 8 nitrogen and oxygen atoms in total. The third-order valence-electron chi connectivity index (χ3n) is 4.80. The van der Waals surface area contributed by atoms with E-state index in [4.69, 9.17) is 14.2 Å². The number of carbonyl (C=O) groups is 1. The zero-order valence-corrected chi connectivity index (χ0v) is 16.9. The largest absolute Gasteiger partial charge is 0.491 e. The van der Waals surface area contributed by atoms with Gasteiger partial charge in [0.05, 0.1) is 23.1 Å². The highest BCUT2D eigenvalue weighted by molar-refractivity contribution is 5.95. The second-order valence-corrected chi connectivity index (χ2v) is 6.94. The average Bonchev–Trinajstić information content (AvgIpc) is 3.43. The first-order valence-electron chi connectivity index (χ1n) is 9.86. The number of carbonyl (C=O) groups excluding carboxylic acids is 1. The van der Waals surface area contributed by atoms with Crippen LogP contribution in [0.4, 0.5) is 4.39 Å². The number of amides is 1. The molecule has 2 aromatic carbocycles. The topological polar surface area (TPSA) is 94.8 Å². The third-order valence-corrected chi connectivity index (χ3v) is 4.80. The number of hydrogen-bond donors (Lipinski definition) is 2. The summed E-state index contributed by atoms with van der Waals surface area (Å²) in [5.74, 6) is 1.07. The number of benzene rings is 2. The fourth-order valence-corrected chi connectivity index (χ4v) is 3.23. The molecule has 3 aromatic rings. The molecular weight excluding hydrogens is 405 g/mol. The molecule has 0 bridgehead atoms. The molecule has 1 aliphatic rings. The van der Waals surface area contributed by atoms with Crippen LogP contribution in [-0.2, 0) is 6.42 Å². The summed E-state index contributed by atoms with van der Waals surface area (Å²) in [4.78, 5) is 12.6. The minimum absolute atomic E-state index is 0.00456. The van der Waals surface area contributed by atoms with E-state index in [1.807, 2.05) is 6.92 Å². The molecule has 9 heteroatoms. The lowest BCUT2D eigenvalue weighted by Crippen LogP contribution is -2.35. The van der Waals surface area contributed by atoms with Gasteiger partial charge in [-0.15, -0.1) is 0 Å². The van der Waals surface area contributed by atoms with Gasteiger partial charge < -0.3 is 24.6 Å². The molecular formula is C22H22FN3O5. The molecule has 0 radical (unpaired) electrons. The number of aromatic nitrogens is 2. The maximum atomic E-state index is 13.2. The Balaban J connectivity index is 1.33. The standard InChI is InChI=1S/C22H22FN3O5/c1-2-19-18(11-25-26(19)15-5-3-14(23)4-6-15)22(28)24-10-16(27)12-29-17-7-8-20-21(9-17)31-13-30-20/h3-9,11,16,27H,2,10,12-13H2,1H3,(H,24,28). The highest BCUT2D eigenvalue weighted by Crippen LogP contribution is 2.35. The number of aliphatic hydroxyl groups is 1. The first-order valence-corrected chi connectivity index (χ1v) is 9.86. The van der Waals surface area contributed by atoms with Gasteiger partial charge in [0.25, 0.3) is 5.91 Å². The lowest BCUT2D eigenvalue weighted by Gasteiger charge is -2.14. The van der Waals surface area contributed by atoms with Crippen molar-refractivity contribution in [2.24, 2.45) is 0 Å². The Labute approximate surface area is 178 Å². The van der Waals surface area contributed by atoms with Crippen LogP contribution in [0.1, 0.15) is 23.0 Å². The van der Waals surface area contributed by atoms with E-state index in [9.17, 15) is 14.3 Å². The molecule has 162 valence electrons. The van der Waals surface area contributed by atoms with Crippen LogP contribution in [-0.4, -0.2) is 46.8 Å². The second kappa shape index (κ2) is 9.05. The Hall–Kier alpha value is -3.59. The fourth-order valence-electron chi connectivity index (χ4n) is 3.23. The van der Waals surface area contributed by atoms with Gasteiger partial charge in [0.2, 0.25) is 6.79 Å². The smallest absolute Gasteiger partial charge is 0.254 e. The number of nitrogens with one attached hydrogen (secondary N) is 1. The van der Waals surface area contributed by atoms with Crippen molar-refractivity contribution < 1.29 is 28.5 Å². The van der Waals surface area contributed by atoms with E-state index in [0.717, 1.165) is 0 Å². The van der Waals surface area contributed by atoms with Gasteiger partial charge in [0, 0.05) is 12.6 Å². The molecule has 1 aliphatic heterocycles. The molecule has 0 aliphatic carbocycles. The number of rotatable bonds is 8. The van der Waals surface area contributed by atoms with E-state index in [-0.39, 0.29) is 31.7 Å². The Morgan fingerprint density at radius 3 is 2.81 bits per heavy atom. The van der Waals surface area contributed by atoms with Gasteiger partial charge in [-0.25, -0.2) is 9.07 Å². The third kappa shape index (κ3) is 4.61. The molecule has 1 amide bonds. The van der Waals surface area contributed by atoms with Crippen LogP contribution in [0.2, 0.25) is 0 Å². The van der Waals surface area contributed by atoms with E-state index < -0.39 is 6.10 Å². The van der Waals surface area contributed by atoms with Crippen molar-refractivity contribution in [3.05, 3.63) is 65.7 Å². The maximum absolute atomic E-state index is 13.2. The van der Waals surface area contributed by atoms with Crippen LogP contribution in [0, 0.1) is 5.82 Å². The summed E-state index contributed by atoms with van der Waals surface area (Å²) in [6.07, 6.45) is 1.11. The molecule has 1 atom stereocenters. The predicted molar refractivity (Wildman–Crippen MR) is 109 cm³/mol. The summed E-state index contributed by atoms with van der Waals surface area (Å²) in [6.45, 7) is 2.08. The van der Waals surface area contributed by atoms with E-state index in [1.54, 1.807) is 35.0 Å². The molecule has 31 heavy (non-hydrogen) atoms. The number of nitrogens with zero attached hydrogens (tertiary/aromatic N) is 2. The van der Waals surface area contributed by atoms with Crippen LogP contribution in [0.5, 0.6) is 17.2 Å². The van der Waals surface area contributed by atoms with Gasteiger partial charge in [-0.1, -0.05) is 6.92 Å². The normalized spacial score (nSPS) is 13.1. The average molecular weight is 427 g/mol. The van der Waals surface area contributed by atoms with Crippen molar-refractivity contribution in [2.45, 2.75) is 19.4 Å². The van der Waals surface area contributed by atoms with Crippen molar-refractivity contribution in [1.29, 1.82) is 0 Å². The highest BCUT2D eigenvalue weighted by atomic mass is 19.1. The van der Waals surface area contributed by atoms with Gasteiger partial charge in [-0.2, -0.15) is 5.10 Å². The quantitative estimate of drug-likeness (QED) is 0.574. The number of hydrogen-bond acceptors (Lipinski definition) is 6. The Morgan fingerprint density at radius 2 is 2.03 bits per heavy atom. The van der Waals surface area contributed by atoms with E-state index in [0.29, 0.717) is 40.6 Å². The van der Waals surface area contributed by atoms with Crippen molar-refractivity contribution in [2.75, 3.05) is 19.9 Å². The second-order valence-electron chi connectivity index (χ2n) is 6.94. The summed E-state index contributed by atoms with van der Waals surface area (Å²) in [5, 5.41) is 17.1. The predicted octanol–water partition coefficient (Wildman–Crippen LogP) is 2.47. The van der Waals surface area contributed by atoms with Crippen molar-refractivity contribution in [1.82, 2.24) is 15.1 Å². The molecule has 0 saturated carbocycles.